The van der Waals surface area contributed by atoms with E-state index in [1.54, 1.807) is 0 Å². The summed E-state index contributed by atoms with van der Waals surface area (Å²) in [6.45, 7) is 2.25. The van der Waals surface area contributed by atoms with Crippen molar-refractivity contribution in [3.8, 4) is 0 Å². The summed E-state index contributed by atoms with van der Waals surface area (Å²) in [6, 6.07) is 0. The molecule has 3 nitrogen and oxygen atoms in total. The van der Waals surface area contributed by atoms with Crippen molar-refractivity contribution in [2.75, 3.05) is 5.75 Å². The molecule has 6 heteroatoms. The van der Waals surface area contributed by atoms with Gasteiger partial charge in [-0.25, -0.2) is 0 Å². The number of rotatable bonds is 15. The summed E-state index contributed by atoms with van der Waals surface area (Å²) in [5.41, 5.74) is 0. The van der Waals surface area contributed by atoms with Gasteiger partial charge in [0.05, 0.1) is 0 Å². The first-order valence-electron chi connectivity index (χ1n) is 8.09. The summed E-state index contributed by atoms with van der Waals surface area (Å²) in [5.74, 6) is -0.0627. The number of unbranched alkanes of at least 4 members (excludes halogenated alkanes) is 9. The van der Waals surface area contributed by atoms with Crippen molar-refractivity contribution in [2.24, 2.45) is 0 Å². The van der Waals surface area contributed by atoms with Gasteiger partial charge >= 0.3 is 162 Å². The molecule has 21 heavy (non-hydrogen) atoms. The molecule has 0 aliphatic carbocycles. The van der Waals surface area contributed by atoms with Gasteiger partial charge < -0.3 is 1.43 Å². The van der Waals surface area contributed by atoms with Gasteiger partial charge in [0, 0.05) is 0 Å². The first-order valence-corrected chi connectivity index (χ1v) is 12.1. The normalized spacial score (nSPS) is 11.3. The summed E-state index contributed by atoms with van der Waals surface area (Å²) in [4.78, 5) is 0. The van der Waals surface area contributed by atoms with Gasteiger partial charge in [-0.15, -0.1) is 0 Å². The van der Waals surface area contributed by atoms with E-state index in [0.29, 0.717) is 21.4 Å². The molecule has 0 bridgehead atoms. The van der Waals surface area contributed by atoms with Crippen molar-refractivity contribution in [3.63, 3.8) is 0 Å². The van der Waals surface area contributed by atoms with Crippen LogP contribution in [0.2, 0.25) is 10.6 Å². The third-order valence-corrected chi connectivity index (χ3v) is 6.56. The summed E-state index contributed by atoms with van der Waals surface area (Å²) in [5, 5.41) is 2.24. The van der Waals surface area contributed by atoms with E-state index < -0.39 is 10.1 Å². The van der Waals surface area contributed by atoms with E-state index in [4.69, 9.17) is 4.55 Å². The average Bonchev–Trinajstić information content (AvgIpc) is 2.38. The van der Waals surface area contributed by atoms with Crippen molar-refractivity contribution < 1.29 is 44.0 Å². The van der Waals surface area contributed by atoms with Gasteiger partial charge in [0.1, 0.15) is 0 Å². The minimum Gasteiger partial charge on any atom is -1.00 e. The minimum atomic E-state index is -3.73. The predicted molar refractivity (Wildman–Crippen MR) is 89.4 cm³/mol. The zero-order valence-corrected chi connectivity index (χ0v) is 18.5. The minimum absolute atomic E-state index is 0. The number of hydrogen-bond donors (Lipinski definition) is 1. The van der Waals surface area contributed by atoms with E-state index in [9.17, 15) is 8.42 Å². The molecule has 0 saturated carbocycles. The largest absolute Gasteiger partial charge is 1.00 e. The Morgan fingerprint density at radius 3 is 1.71 bits per heavy atom. The molecule has 0 unspecified atom stereocenters. The van der Waals surface area contributed by atoms with Crippen molar-refractivity contribution in [1.29, 1.82) is 0 Å². The van der Waals surface area contributed by atoms with Crippen LogP contribution in [0, 0.1) is 0 Å². The fourth-order valence-electron chi connectivity index (χ4n) is 2.14. The molecule has 0 atom stereocenters. The van der Waals surface area contributed by atoms with Crippen LogP contribution in [-0.2, 0) is 10.1 Å². The van der Waals surface area contributed by atoms with Gasteiger partial charge in [0.25, 0.3) is 0 Å². The fourth-order valence-corrected chi connectivity index (χ4v) is 5.07. The second-order valence-corrected chi connectivity index (χ2v) is 9.58. The van der Waals surface area contributed by atoms with E-state index in [1.165, 1.54) is 69.5 Å². The van der Waals surface area contributed by atoms with Crippen LogP contribution in [0.25, 0.3) is 0 Å². The van der Waals surface area contributed by atoms with E-state index in [1.807, 2.05) is 0 Å². The van der Waals surface area contributed by atoms with Crippen LogP contribution in [0.1, 0.15) is 79.0 Å². The SMILES string of the molecule is CCCCCCCCCCCC[Se]CCCS(=O)(=O)O.[H-].[Na+]. The van der Waals surface area contributed by atoms with Crippen LogP contribution >= 0.6 is 0 Å². The molecule has 0 aromatic heterocycles. The maximum absolute atomic E-state index is 10.5. The summed E-state index contributed by atoms with van der Waals surface area (Å²) >= 11 is 0.560. The summed E-state index contributed by atoms with van der Waals surface area (Å²) in [7, 11) is -3.73. The molecule has 0 rings (SSSR count). The Balaban J connectivity index is -0.00000180. The Morgan fingerprint density at radius 2 is 1.24 bits per heavy atom. The van der Waals surface area contributed by atoms with Gasteiger partial charge in [-0.3, -0.25) is 0 Å². The molecule has 0 amide bonds. The van der Waals surface area contributed by atoms with Crippen molar-refractivity contribution in [1.82, 2.24) is 0 Å². The van der Waals surface area contributed by atoms with E-state index in [2.05, 4.69) is 6.92 Å². The molecular weight excluding hydrogens is 362 g/mol. The Morgan fingerprint density at radius 1 is 0.810 bits per heavy atom. The zero-order valence-electron chi connectivity index (χ0n) is 15.0. The second kappa shape index (κ2) is 17.8. The Labute approximate surface area is 162 Å². The molecule has 0 aliphatic heterocycles. The van der Waals surface area contributed by atoms with E-state index in [0.717, 1.165) is 5.32 Å². The molecule has 0 aromatic rings. The van der Waals surface area contributed by atoms with Crippen LogP contribution < -0.4 is 29.6 Å². The number of hydrogen-bond acceptors (Lipinski definition) is 2. The monoisotopic (exact) mass is 396 g/mol. The Hall–Kier alpha value is 1.43. The molecule has 0 aliphatic rings. The van der Waals surface area contributed by atoms with Crippen LogP contribution in [0.15, 0.2) is 0 Å². The molecule has 124 valence electrons. The fraction of sp³-hybridized carbons (Fsp3) is 1.00. The third-order valence-electron chi connectivity index (χ3n) is 3.33. The standard InChI is InChI=1S/C15H32O3SSe.Na.H/c1-2-3-4-5-6-7-8-9-10-11-14-20-15-12-13-19(16,17)18;;/h2-15H2,1H3,(H,16,17,18);;/q;+1;-1. The first-order chi connectivity index (χ1) is 9.56. The molecule has 1 N–H and O–H groups in total. The van der Waals surface area contributed by atoms with Crippen LogP contribution in [0.5, 0.6) is 0 Å². The van der Waals surface area contributed by atoms with Gasteiger partial charge in [-0.2, -0.15) is 0 Å². The molecule has 0 saturated heterocycles. The summed E-state index contributed by atoms with van der Waals surface area (Å²) < 4.78 is 29.6. The Kier molecular flexibility index (Phi) is 20.9. The molecule has 0 fully saturated rings. The second-order valence-electron chi connectivity index (χ2n) is 5.43. The smallest absolute Gasteiger partial charge is 1.00 e. The molecular formula is C15H33NaO3SSe. The maximum Gasteiger partial charge on any atom is 1.00 e. The van der Waals surface area contributed by atoms with Crippen molar-refractivity contribution >= 4 is 25.1 Å². The zero-order chi connectivity index (χ0) is 15.1. The van der Waals surface area contributed by atoms with Crippen LogP contribution in [-0.4, -0.2) is 33.7 Å². The molecule has 0 heterocycles. The molecule has 0 spiro atoms. The van der Waals surface area contributed by atoms with Crippen LogP contribution in [0.4, 0.5) is 0 Å². The Bertz CT molecular complexity index is 303. The van der Waals surface area contributed by atoms with E-state index >= 15 is 0 Å². The van der Waals surface area contributed by atoms with Gasteiger partial charge in [0.15, 0.2) is 0 Å². The van der Waals surface area contributed by atoms with Crippen molar-refractivity contribution in [3.05, 3.63) is 0 Å². The van der Waals surface area contributed by atoms with Gasteiger partial charge in [-0.05, 0) is 0 Å². The first kappa shape index (κ1) is 24.7. The van der Waals surface area contributed by atoms with E-state index in [-0.39, 0.29) is 36.7 Å². The third kappa shape index (κ3) is 23.8. The molecule has 0 aromatic carbocycles. The predicted octanol–water partition coefficient (Wildman–Crippen LogP) is 1.84. The quantitative estimate of drug-likeness (QED) is 0.262. The average molecular weight is 395 g/mol. The molecule has 0 radical (unpaired) electrons. The summed E-state index contributed by atoms with van der Waals surface area (Å²) in [6.07, 6.45) is 14.3. The van der Waals surface area contributed by atoms with Gasteiger partial charge in [0.2, 0.25) is 0 Å². The van der Waals surface area contributed by atoms with Gasteiger partial charge in [-0.1, -0.05) is 0 Å². The maximum atomic E-state index is 10.5. The topological polar surface area (TPSA) is 54.4 Å². The van der Waals surface area contributed by atoms with Crippen molar-refractivity contribution in [2.45, 2.75) is 88.2 Å². The van der Waals surface area contributed by atoms with Crippen LogP contribution in [0.3, 0.4) is 0 Å².